The second-order valence-corrected chi connectivity index (χ2v) is 7.73. The molecule has 4 heterocycles. The number of anilines is 3. The predicted octanol–water partition coefficient (Wildman–Crippen LogP) is 2.35. The zero-order valence-corrected chi connectivity index (χ0v) is 16.0. The fraction of sp³-hybridized carbons (Fsp3) is 0.238. The number of benzene rings is 1. The number of nitrogen functional groups attached to an aromatic ring is 1. The molecule has 9 heteroatoms. The quantitative estimate of drug-likeness (QED) is 0.506. The molecule has 2 fully saturated rings. The van der Waals surface area contributed by atoms with Crippen molar-refractivity contribution in [2.45, 2.75) is 0 Å². The van der Waals surface area contributed by atoms with Crippen LogP contribution in [0.2, 0.25) is 0 Å². The van der Waals surface area contributed by atoms with Gasteiger partial charge in [-0.3, -0.25) is 4.79 Å². The molecule has 1 spiro atoms. The minimum Gasteiger partial charge on any atom is -0.397 e. The average Bonchev–Trinajstić information content (AvgIpc) is 2.69. The largest absolute Gasteiger partial charge is 0.397 e. The van der Waals surface area contributed by atoms with Crippen LogP contribution in [-0.2, 0) is 4.74 Å². The van der Waals surface area contributed by atoms with E-state index >= 15 is 0 Å². The molecule has 2 aromatic heterocycles. The van der Waals surface area contributed by atoms with Crippen molar-refractivity contribution in [2.75, 3.05) is 42.3 Å². The summed E-state index contributed by atoms with van der Waals surface area (Å²) in [5.74, 6) is -0.226. The van der Waals surface area contributed by atoms with E-state index in [1.807, 2.05) is 0 Å². The first kappa shape index (κ1) is 18.4. The van der Waals surface area contributed by atoms with Crippen molar-refractivity contribution in [3.8, 4) is 11.1 Å². The number of nitrogens with two attached hydrogens (primary N) is 1. The number of hydrogen-bond donors (Lipinski definition) is 2. The third-order valence-corrected chi connectivity index (χ3v) is 5.43. The standard InChI is InChI=1S/C21H19FN6O2/c22-18-4-2-14(6-25-18)13-1-3-15(23)16(5-13)27-20(29)17-7-26-19(8-24-17)28-9-21(10-28)11-30-12-21/h1-8H,9-12,23H2,(H,27,29). The summed E-state index contributed by atoms with van der Waals surface area (Å²) >= 11 is 0. The van der Waals surface area contributed by atoms with E-state index in [9.17, 15) is 9.18 Å². The van der Waals surface area contributed by atoms with E-state index in [1.165, 1.54) is 18.5 Å². The first-order valence-electron chi connectivity index (χ1n) is 9.49. The van der Waals surface area contributed by atoms with Crippen molar-refractivity contribution in [2.24, 2.45) is 5.41 Å². The van der Waals surface area contributed by atoms with Gasteiger partial charge in [0.05, 0.1) is 42.4 Å². The van der Waals surface area contributed by atoms with Gasteiger partial charge in [0.25, 0.3) is 5.91 Å². The molecule has 0 atom stereocenters. The summed E-state index contributed by atoms with van der Waals surface area (Å²) in [5, 5.41) is 2.76. The Kier molecular flexibility index (Phi) is 4.32. The molecule has 152 valence electrons. The van der Waals surface area contributed by atoms with Crippen molar-refractivity contribution in [3.05, 3.63) is 60.6 Å². The summed E-state index contributed by atoms with van der Waals surface area (Å²) in [5.41, 5.74) is 8.77. The van der Waals surface area contributed by atoms with E-state index in [0.29, 0.717) is 16.9 Å². The highest BCUT2D eigenvalue weighted by molar-refractivity contribution is 6.04. The molecule has 2 saturated heterocycles. The lowest BCUT2D eigenvalue weighted by Crippen LogP contribution is -2.66. The molecule has 0 aliphatic carbocycles. The predicted molar refractivity (Wildman–Crippen MR) is 109 cm³/mol. The summed E-state index contributed by atoms with van der Waals surface area (Å²) in [4.78, 5) is 27.0. The molecule has 3 N–H and O–H groups in total. The number of hydrogen-bond acceptors (Lipinski definition) is 7. The van der Waals surface area contributed by atoms with Crippen LogP contribution in [0.25, 0.3) is 11.1 Å². The molecule has 2 aliphatic heterocycles. The van der Waals surface area contributed by atoms with Crippen LogP contribution in [0.15, 0.2) is 48.9 Å². The summed E-state index contributed by atoms with van der Waals surface area (Å²) in [6.07, 6.45) is 4.48. The van der Waals surface area contributed by atoms with Crippen LogP contribution in [0, 0.1) is 11.4 Å². The lowest BCUT2D eigenvalue weighted by Gasteiger charge is -2.55. The van der Waals surface area contributed by atoms with Crippen molar-refractivity contribution in [1.29, 1.82) is 0 Å². The van der Waals surface area contributed by atoms with Gasteiger partial charge in [-0.15, -0.1) is 0 Å². The molecule has 0 unspecified atom stereocenters. The smallest absolute Gasteiger partial charge is 0.275 e. The van der Waals surface area contributed by atoms with Crippen LogP contribution in [0.4, 0.5) is 21.6 Å². The van der Waals surface area contributed by atoms with Gasteiger partial charge in [0.1, 0.15) is 11.5 Å². The number of nitrogens with one attached hydrogen (secondary N) is 1. The molecule has 1 aromatic carbocycles. The number of ether oxygens (including phenoxy) is 1. The van der Waals surface area contributed by atoms with Crippen LogP contribution in [-0.4, -0.2) is 47.2 Å². The molecule has 2 aliphatic rings. The van der Waals surface area contributed by atoms with Crippen molar-refractivity contribution < 1.29 is 13.9 Å². The van der Waals surface area contributed by atoms with E-state index in [-0.39, 0.29) is 11.1 Å². The van der Waals surface area contributed by atoms with Crippen LogP contribution in [0.5, 0.6) is 0 Å². The first-order chi connectivity index (χ1) is 14.5. The van der Waals surface area contributed by atoms with Crippen molar-refractivity contribution >= 4 is 23.1 Å². The minimum absolute atomic E-state index is 0.189. The molecule has 8 nitrogen and oxygen atoms in total. The Morgan fingerprint density at radius 2 is 1.87 bits per heavy atom. The molecular weight excluding hydrogens is 387 g/mol. The number of rotatable bonds is 4. The highest BCUT2D eigenvalue weighted by atomic mass is 19.1. The Morgan fingerprint density at radius 1 is 1.07 bits per heavy atom. The minimum atomic E-state index is -0.556. The van der Waals surface area contributed by atoms with Gasteiger partial charge in [-0.1, -0.05) is 6.07 Å². The second kappa shape index (κ2) is 7.03. The summed E-state index contributed by atoms with van der Waals surface area (Å²) in [6.45, 7) is 3.39. The van der Waals surface area contributed by atoms with Gasteiger partial charge >= 0.3 is 0 Å². The van der Waals surface area contributed by atoms with Gasteiger partial charge < -0.3 is 20.7 Å². The van der Waals surface area contributed by atoms with Crippen molar-refractivity contribution in [1.82, 2.24) is 15.0 Å². The summed E-state index contributed by atoms with van der Waals surface area (Å²) in [6, 6.07) is 8.05. The second-order valence-electron chi connectivity index (χ2n) is 7.73. The van der Waals surface area contributed by atoms with Gasteiger partial charge in [-0.05, 0) is 29.8 Å². The monoisotopic (exact) mass is 406 g/mol. The van der Waals surface area contributed by atoms with Gasteiger partial charge in [0.2, 0.25) is 5.95 Å². The summed E-state index contributed by atoms with van der Waals surface area (Å²) in [7, 11) is 0. The number of pyridine rings is 1. The average molecular weight is 406 g/mol. The zero-order valence-electron chi connectivity index (χ0n) is 16.0. The van der Waals surface area contributed by atoms with E-state index in [4.69, 9.17) is 10.5 Å². The fourth-order valence-electron chi connectivity index (χ4n) is 3.68. The van der Waals surface area contributed by atoms with Gasteiger partial charge in [-0.25, -0.2) is 15.0 Å². The molecule has 0 bridgehead atoms. The Balaban J connectivity index is 1.29. The topological polar surface area (TPSA) is 106 Å². The number of nitrogens with zero attached hydrogens (tertiary/aromatic N) is 4. The highest BCUT2D eigenvalue weighted by Gasteiger charge is 2.49. The maximum Gasteiger partial charge on any atom is 0.275 e. The Labute approximate surface area is 171 Å². The zero-order chi connectivity index (χ0) is 20.7. The molecule has 0 saturated carbocycles. The Hall–Kier alpha value is -3.59. The van der Waals surface area contributed by atoms with E-state index in [2.05, 4.69) is 25.2 Å². The lowest BCUT2D eigenvalue weighted by molar-refractivity contribution is -0.127. The Morgan fingerprint density at radius 3 is 2.50 bits per heavy atom. The molecule has 30 heavy (non-hydrogen) atoms. The van der Waals surface area contributed by atoms with Crippen LogP contribution < -0.4 is 16.0 Å². The van der Waals surface area contributed by atoms with E-state index in [0.717, 1.165) is 37.7 Å². The number of amides is 1. The third-order valence-electron chi connectivity index (χ3n) is 5.43. The third kappa shape index (κ3) is 3.33. The number of halogens is 1. The fourth-order valence-corrected chi connectivity index (χ4v) is 3.68. The molecule has 0 radical (unpaired) electrons. The number of carbonyl (C=O) groups excluding carboxylic acids is 1. The maximum atomic E-state index is 13.1. The highest BCUT2D eigenvalue weighted by Crippen LogP contribution is 2.39. The van der Waals surface area contributed by atoms with E-state index in [1.54, 1.807) is 30.5 Å². The summed E-state index contributed by atoms with van der Waals surface area (Å²) < 4.78 is 18.3. The molecule has 3 aromatic rings. The molecule has 5 rings (SSSR count). The number of carbonyl (C=O) groups is 1. The van der Waals surface area contributed by atoms with Gasteiger partial charge in [-0.2, -0.15) is 4.39 Å². The molecule has 1 amide bonds. The number of aromatic nitrogens is 3. The normalized spacial score (nSPS) is 16.6. The lowest BCUT2D eigenvalue weighted by atomic mass is 9.78. The maximum absolute atomic E-state index is 13.1. The Bertz CT molecular complexity index is 1090. The SMILES string of the molecule is Nc1ccc(-c2ccc(F)nc2)cc1NC(=O)c1cnc(N2CC3(COC3)C2)cn1. The first-order valence-corrected chi connectivity index (χ1v) is 9.49. The van der Waals surface area contributed by atoms with Crippen LogP contribution in [0.1, 0.15) is 10.5 Å². The van der Waals surface area contributed by atoms with Gasteiger partial charge in [0, 0.05) is 24.8 Å². The van der Waals surface area contributed by atoms with E-state index < -0.39 is 11.9 Å². The molecular formula is C21H19FN6O2. The van der Waals surface area contributed by atoms with Crippen molar-refractivity contribution in [3.63, 3.8) is 0 Å². The van der Waals surface area contributed by atoms with Crippen LogP contribution in [0.3, 0.4) is 0 Å². The van der Waals surface area contributed by atoms with Crippen LogP contribution >= 0.6 is 0 Å². The van der Waals surface area contributed by atoms with Gasteiger partial charge in [0.15, 0.2) is 0 Å².